The predicted octanol–water partition coefficient (Wildman–Crippen LogP) is 0.610. The first-order chi connectivity index (χ1) is 11.3. The fraction of sp³-hybridized carbons (Fsp3) is 0.467. The molecule has 3 rings (SSSR count). The lowest BCUT2D eigenvalue weighted by Gasteiger charge is -2.31. The highest BCUT2D eigenvalue weighted by molar-refractivity contribution is 7.89. The SMILES string of the molecule is CN(C)C(=O)C1CCN(S(=O)(=O)c2ccc3[nH]c(=O)oc3c2)CC1. The van der Waals surface area contributed by atoms with Crippen LogP contribution in [0.15, 0.2) is 32.3 Å². The maximum atomic E-state index is 12.7. The van der Waals surface area contributed by atoms with Crippen molar-refractivity contribution in [1.29, 1.82) is 0 Å². The molecule has 2 aromatic rings. The van der Waals surface area contributed by atoms with E-state index in [0.29, 0.717) is 31.4 Å². The molecule has 0 unspecified atom stereocenters. The van der Waals surface area contributed by atoms with Crippen LogP contribution in [0.3, 0.4) is 0 Å². The van der Waals surface area contributed by atoms with Gasteiger partial charge in [-0.25, -0.2) is 13.2 Å². The number of aromatic amines is 1. The van der Waals surface area contributed by atoms with Gasteiger partial charge in [-0.1, -0.05) is 0 Å². The summed E-state index contributed by atoms with van der Waals surface area (Å²) < 4.78 is 31.8. The molecular weight excluding hydrogens is 334 g/mol. The maximum Gasteiger partial charge on any atom is 0.417 e. The second-order valence-corrected chi connectivity index (χ2v) is 8.02. The summed E-state index contributed by atoms with van der Waals surface area (Å²) in [5, 5.41) is 0. The molecule has 0 bridgehead atoms. The van der Waals surface area contributed by atoms with Crippen LogP contribution in [0.25, 0.3) is 11.1 Å². The molecule has 1 aromatic heterocycles. The second-order valence-electron chi connectivity index (χ2n) is 6.08. The van der Waals surface area contributed by atoms with Crippen LogP contribution in [0.5, 0.6) is 0 Å². The standard InChI is InChI=1S/C15H19N3O5S/c1-17(2)14(19)10-5-7-18(8-6-10)24(21,22)11-3-4-12-13(9-11)23-15(20)16-12/h3-4,9-10H,5-8H2,1-2H3,(H,16,20). The quantitative estimate of drug-likeness (QED) is 0.871. The zero-order valence-electron chi connectivity index (χ0n) is 13.5. The number of hydrogen-bond donors (Lipinski definition) is 1. The summed E-state index contributed by atoms with van der Waals surface area (Å²) in [4.78, 5) is 27.3. The number of H-pyrrole nitrogens is 1. The first-order valence-corrected chi connectivity index (χ1v) is 9.07. The molecule has 1 aliphatic rings. The van der Waals surface area contributed by atoms with Crippen molar-refractivity contribution in [3.63, 3.8) is 0 Å². The number of oxazole rings is 1. The van der Waals surface area contributed by atoms with Crippen molar-refractivity contribution in [2.24, 2.45) is 5.92 Å². The summed E-state index contributed by atoms with van der Waals surface area (Å²) in [6.45, 7) is 0.587. The number of hydrogen-bond acceptors (Lipinski definition) is 5. The number of rotatable bonds is 3. The monoisotopic (exact) mass is 353 g/mol. The van der Waals surface area contributed by atoms with Gasteiger partial charge in [0.15, 0.2) is 5.58 Å². The highest BCUT2D eigenvalue weighted by Crippen LogP contribution is 2.26. The molecule has 1 aliphatic heterocycles. The average molecular weight is 353 g/mol. The van der Waals surface area contributed by atoms with E-state index in [-0.39, 0.29) is 22.3 Å². The van der Waals surface area contributed by atoms with Crippen molar-refractivity contribution in [3.8, 4) is 0 Å². The van der Waals surface area contributed by atoms with Gasteiger partial charge in [0, 0.05) is 39.2 Å². The molecule has 0 aliphatic carbocycles. The van der Waals surface area contributed by atoms with Crippen molar-refractivity contribution >= 4 is 27.0 Å². The predicted molar refractivity (Wildman–Crippen MR) is 87.0 cm³/mol. The van der Waals surface area contributed by atoms with Crippen molar-refractivity contribution < 1.29 is 17.6 Å². The van der Waals surface area contributed by atoms with E-state index in [1.165, 1.54) is 27.4 Å². The van der Waals surface area contributed by atoms with Gasteiger partial charge in [0.2, 0.25) is 15.9 Å². The minimum atomic E-state index is -3.68. The fourth-order valence-electron chi connectivity index (χ4n) is 2.94. The van der Waals surface area contributed by atoms with Crippen LogP contribution in [0, 0.1) is 5.92 Å². The van der Waals surface area contributed by atoms with Crippen LogP contribution < -0.4 is 5.76 Å². The molecule has 1 aromatic carbocycles. The van der Waals surface area contributed by atoms with Gasteiger partial charge < -0.3 is 9.32 Å². The summed E-state index contributed by atoms with van der Waals surface area (Å²) in [6, 6.07) is 4.30. The number of carbonyl (C=O) groups is 1. The Balaban J connectivity index is 1.80. The molecule has 0 radical (unpaired) electrons. The Morgan fingerprint density at radius 3 is 2.58 bits per heavy atom. The third-order valence-electron chi connectivity index (χ3n) is 4.27. The lowest BCUT2D eigenvalue weighted by Crippen LogP contribution is -2.42. The van der Waals surface area contributed by atoms with E-state index in [1.807, 2.05) is 0 Å². The van der Waals surface area contributed by atoms with Gasteiger partial charge in [-0.2, -0.15) is 4.31 Å². The maximum absolute atomic E-state index is 12.7. The van der Waals surface area contributed by atoms with Crippen LogP contribution >= 0.6 is 0 Å². The first kappa shape index (κ1) is 16.7. The number of carbonyl (C=O) groups excluding carboxylic acids is 1. The van der Waals surface area contributed by atoms with Crippen LogP contribution in [-0.4, -0.2) is 55.7 Å². The number of nitrogens with one attached hydrogen (secondary N) is 1. The molecule has 8 nitrogen and oxygen atoms in total. The Morgan fingerprint density at radius 2 is 1.96 bits per heavy atom. The Bertz CT molecular complexity index is 920. The first-order valence-electron chi connectivity index (χ1n) is 7.63. The highest BCUT2D eigenvalue weighted by Gasteiger charge is 2.32. The van der Waals surface area contributed by atoms with Gasteiger partial charge in [-0.05, 0) is 25.0 Å². The summed E-state index contributed by atoms with van der Waals surface area (Å²) in [7, 11) is -0.282. The van der Waals surface area contributed by atoms with E-state index >= 15 is 0 Å². The molecule has 1 N–H and O–H groups in total. The lowest BCUT2D eigenvalue weighted by molar-refractivity contribution is -0.134. The minimum absolute atomic E-state index is 0.0302. The smallest absolute Gasteiger partial charge is 0.408 e. The van der Waals surface area contributed by atoms with Gasteiger partial charge in [0.1, 0.15) is 0 Å². The van der Waals surface area contributed by atoms with Gasteiger partial charge >= 0.3 is 5.76 Å². The zero-order chi connectivity index (χ0) is 17.5. The van der Waals surface area contributed by atoms with Crippen LogP contribution in [0.1, 0.15) is 12.8 Å². The third kappa shape index (κ3) is 2.96. The van der Waals surface area contributed by atoms with E-state index in [9.17, 15) is 18.0 Å². The van der Waals surface area contributed by atoms with Gasteiger partial charge in [-0.15, -0.1) is 0 Å². The molecule has 1 amide bonds. The van der Waals surface area contributed by atoms with E-state index in [2.05, 4.69) is 4.98 Å². The Morgan fingerprint density at radius 1 is 1.29 bits per heavy atom. The topological polar surface area (TPSA) is 104 Å². The van der Waals surface area contributed by atoms with E-state index in [1.54, 1.807) is 14.1 Å². The van der Waals surface area contributed by atoms with Crippen LogP contribution in [0.2, 0.25) is 0 Å². The fourth-order valence-corrected chi connectivity index (χ4v) is 4.43. The zero-order valence-corrected chi connectivity index (χ0v) is 14.3. The molecule has 1 fully saturated rings. The average Bonchev–Trinajstić information content (AvgIpc) is 2.93. The normalized spacial score (nSPS) is 17.2. The van der Waals surface area contributed by atoms with Gasteiger partial charge in [-0.3, -0.25) is 9.78 Å². The molecule has 130 valence electrons. The molecule has 0 saturated carbocycles. The minimum Gasteiger partial charge on any atom is -0.408 e. The van der Waals surface area contributed by atoms with E-state index in [4.69, 9.17) is 4.42 Å². The Labute approximate surface area is 139 Å². The molecular formula is C15H19N3O5S. The summed E-state index contributed by atoms with van der Waals surface area (Å²) in [5.41, 5.74) is 0.660. The molecule has 0 spiro atoms. The van der Waals surface area contributed by atoms with E-state index in [0.717, 1.165) is 0 Å². The molecule has 1 saturated heterocycles. The lowest BCUT2D eigenvalue weighted by atomic mass is 9.97. The number of amides is 1. The highest BCUT2D eigenvalue weighted by atomic mass is 32.2. The number of piperidine rings is 1. The summed E-state index contributed by atoms with van der Waals surface area (Å²) in [5.74, 6) is -0.734. The van der Waals surface area contributed by atoms with Crippen molar-refractivity contribution in [2.45, 2.75) is 17.7 Å². The number of aromatic nitrogens is 1. The third-order valence-corrected chi connectivity index (χ3v) is 6.17. The number of nitrogens with zero attached hydrogens (tertiary/aromatic N) is 2. The van der Waals surface area contributed by atoms with Crippen molar-refractivity contribution in [2.75, 3.05) is 27.2 Å². The Kier molecular flexibility index (Phi) is 4.22. The van der Waals surface area contributed by atoms with Crippen LogP contribution in [-0.2, 0) is 14.8 Å². The van der Waals surface area contributed by atoms with Crippen LogP contribution in [0.4, 0.5) is 0 Å². The molecule has 9 heteroatoms. The molecule has 24 heavy (non-hydrogen) atoms. The summed E-state index contributed by atoms with van der Waals surface area (Å²) in [6.07, 6.45) is 0.995. The number of sulfonamides is 1. The number of fused-ring (bicyclic) bond motifs is 1. The van der Waals surface area contributed by atoms with E-state index < -0.39 is 15.8 Å². The largest absolute Gasteiger partial charge is 0.417 e. The molecule has 0 atom stereocenters. The van der Waals surface area contributed by atoms with Gasteiger partial charge in [0.25, 0.3) is 0 Å². The number of benzene rings is 1. The summed E-state index contributed by atoms with van der Waals surface area (Å²) >= 11 is 0. The van der Waals surface area contributed by atoms with Crippen molar-refractivity contribution in [1.82, 2.24) is 14.2 Å². The van der Waals surface area contributed by atoms with Gasteiger partial charge in [0.05, 0.1) is 10.4 Å². The Hall–Kier alpha value is -2.13. The van der Waals surface area contributed by atoms with Crippen molar-refractivity contribution in [3.05, 3.63) is 28.7 Å². The molecule has 2 heterocycles. The second kappa shape index (κ2) is 6.06.